The zero-order valence-corrected chi connectivity index (χ0v) is 15.4. The fourth-order valence-electron chi connectivity index (χ4n) is 2.32. The Balaban J connectivity index is 2.26. The van der Waals surface area contributed by atoms with Crippen molar-refractivity contribution in [2.24, 2.45) is 0 Å². The van der Waals surface area contributed by atoms with Gasteiger partial charge in [0, 0.05) is 30.6 Å². The number of unbranched alkanes of at least 4 members (excludes halogenated alkanes) is 3. The molecule has 0 spiro atoms. The van der Waals surface area contributed by atoms with Crippen molar-refractivity contribution < 1.29 is 9.53 Å². The molecule has 0 saturated heterocycles. The number of carbonyl (C=O) groups excluding carboxylic acids is 1. The number of esters is 1. The van der Waals surface area contributed by atoms with E-state index in [0.29, 0.717) is 12.2 Å². The molecule has 0 saturated carbocycles. The maximum atomic E-state index is 11.2. The Morgan fingerprint density at radius 1 is 1.30 bits per heavy atom. The van der Waals surface area contributed by atoms with Crippen molar-refractivity contribution in [3.8, 4) is 0 Å². The van der Waals surface area contributed by atoms with Crippen LogP contribution in [0.1, 0.15) is 46.5 Å². The third-order valence-electron chi connectivity index (χ3n) is 3.81. The van der Waals surface area contributed by atoms with Gasteiger partial charge in [-0.15, -0.1) is 0 Å². The number of carbonyl (C=O) groups is 1. The van der Waals surface area contributed by atoms with Gasteiger partial charge < -0.3 is 14.5 Å². The first-order valence-electron chi connectivity index (χ1n) is 8.17. The van der Waals surface area contributed by atoms with Crippen LogP contribution < -0.4 is 0 Å². The lowest BCUT2D eigenvalue weighted by molar-refractivity contribution is -0.139. The Morgan fingerprint density at radius 3 is 2.57 bits per heavy atom. The van der Waals surface area contributed by atoms with E-state index in [1.54, 1.807) is 6.92 Å². The van der Waals surface area contributed by atoms with Gasteiger partial charge in [0.1, 0.15) is 0 Å². The van der Waals surface area contributed by atoms with Crippen LogP contribution in [-0.4, -0.2) is 40.6 Å². The van der Waals surface area contributed by atoms with E-state index in [9.17, 15) is 4.79 Å². The first kappa shape index (κ1) is 19.4. The van der Waals surface area contributed by atoms with Crippen molar-refractivity contribution in [2.45, 2.75) is 46.5 Å². The SMILES string of the molecule is C=C(C)C(=O)OCCCCCCN1C(=C)C(C)=CN(CC)C1=S. The molecule has 0 aromatic heterocycles. The van der Waals surface area contributed by atoms with Gasteiger partial charge in [0.05, 0.1) is 6.61 Å². The van der Waals surface area contributed by atoms with Gasteiger partial charge in [-0.05, 0) is 57.8 Å². The molecule has 0 radical (unpaired) electrons. The highest BCUT2D eigenvalue weighted by Gasteiger charge is 2.22. The molecule has 0 N–H and O–H groups in total. The average Bonchev–Trinajstić information content (AvgIpc) is 2.52. The Morgan fingerprint density at radius 2 is 1.96 bits per heavy atom. The summed E-state index contributed by atoms with van der Waals surface area (Å²) in [5, 5.41) is 0.832. The molecule has 4 nitrogen and oxygen atoms in total. The lowest BCUT2D eigenvalue weighted by Gasteiger charge is -2.37. The molecular formula is C18H28N2O2S. The van der Waals surface area contributed by atoms with Crippen LogP contribution in [0.4, 0.5) is 0 Å². The molecule has 0 unspecified atom stereocenters. The summed E-state index contributed by atoms with van der Waals surface area (Å²) >= 11 is 5.53. The Hall–Kier alpha value is -1.62. The predicted octanol–water partition coefficient (Wildman–Crippen LogP) is 4.01. The molecule has 128 valence electrons. The lowest BCUT2D eigenvalue weighted by Crippen LogP contribution is -2.43. The second-order valence-electron chi connectivity index (χ2n) is 5.81. The Bertz CT molecular complexity index is 511. The third kappa shape index (κ3) is 5.82. The van der Waals surface area contributed by atoms with E-state index in [-0.39, 0.29) is 5.97 Å². The van der Waals surface area contributed by atoms with Crippen LogP contribution >= 0.6 is 12.2 Å². The summed E-state index contributed by atoms with van der Waals surface area (Å²) in [7, 11) is 0. The normalized spacial score (nSPS) is 14.8. The highest BCUT2D eigenvalue weighted by Crippen LogP contribution is 2.22. The molecule has 1 heterocycles. The van der Waals surface area contributed by atoms with Crippen molar-refractivity contribution in [1.82, 2.24) is 9.80 Å². The molecule has 0 aromatic carbocycles. The molecule has 0 aliphatic carbocycles. The molecule has 0 amide bonds. The number of allylic oxidation sites excluding steroid dienone is 1. The third-order valence-corrected chi connectivity index (χ3v) is 4.26. The summed E-state index contributed by atoms with van der Waals surface area (Å²) in [5.74, 6) is -0.304. The Kier molecular flexibility index (Phi) is 8.03. The van der Waals surface area contributed by atoms with E-state index in [2.05, 4.69) is 43.0 Å². The smallest absolute Gasteiger partial charge is 0.333 e. The highest BCUT2D eigenvalue weighted by atomic mass is 32.1. The van der Waals surface area contributed by atoms with E-state index in [4.69, 9.17) is 17.0 Å². The van der Waals surface area contributed by atoms with Crippen LogP contribution in [0.3, 0.4) is 0 Å². The molecule has 1 aliphatic heterocycles. The van der Waals surface area contributed by atoms with Crippen molar-refractivity contribution in [3.05, 3.63) is 36.2 Å². The monoisotopic (exact) mass is 336 g/mol. The lowest BCUT2D eigenvalue weighted by atomic mass is 10.1. The number of hydrogen-bond donors (Lipinski definition) is 0. The molecule has 0 atom stereocenters. The topological polar surface area (TPSA) is 32.8 Å². The highest BCUT2D eigenvalue weighted by molar-refractivity contribution is 7.80. The molecule has 23 heavy (non-hydrogen) atoms. The molecule has 5 heteroatoms. The van der Waals surface area contributed by atoms with E-state index >= 15 is 0 Å². The quantitative estimate of drug-likeness (QED) is 0.275. The van der Waals surface area contributed by atoms with Crippen LogP contribution in [0.5, 0.6) is 0 Å². The van der Waals surface area contributed by atoms with Gasteiger partial charge in [-0.3, -0.25) is 0 Å². The molecule has 1 aliphatic rings. The van der Waals surface area contributed by atoms with Crippen molar-refractivity contribution in [1.29, 1.82) is 0 Å². The van der Waals surface area contributed by atoms with Crippen molar-refractivity contribution >= 4 is 23.3 Å². The first-order chi connectivity index (χ1) is 10.9. The van der Waals surface area contributed by atoms with Crippen LogP contribution in [0.25, 0.3) is 0 Å². The molecule has 0 aromatic rings. The van der Waals surface area contributed by atoms with Gasteiger partial charge >= 0.3 is 5.97 Å². The molecule has 1 rings (SSSR count). The zero-order valence-electron chi connectivity index (χ0n) is 14.6. The maximum Gasteiger partial charge on any atom is 0.333 e. The second-order valence-corrected chi connectivity index (χ2v) is 6.17. The van der Waals surface area contributed by atoms with Crippen molar-refractivity contribution in [3.63, 3.8) is 0 Å². The van der Waals surface area contributed by atoms with Gasteiger partial charge in [0.15, 0.2) is 5.11 Å². The van der Waals surface area contributed by atoms with Crippen LogP contribution in [0.15, 0.2) is 36.2 Å². The standard InChI is InChI=1S/C18H28N2O2S/c1-6-19-13-15(4)16(5)20(18(19)23)11-9-7-8-10-12-22-17(21)14(2)3/h13H,2,5-12H2,1,3-4H3. The van der Waals surface area contributed by atoms with Crippen LogP contribution in [0.2, 0.25) is 0 Å². The minimum Gasteiger partial charge on any atom is -0.462 e. The van der Waals surface area contributed by atoms with Crippen LogP contribution in [-0.2, 0) is 9.53 Å². The zero-order chi connectivity index (χ0) is 17.4. The summed E-state index contributed by atoms with van der Waals surface area (Å²) in [6, 6.07) is 0. The largest absolute Gasteiger partial charge is 0.462 e. The summed E-state index contributed by atoms with van der Waals surface area (Å²) in [6.45, 7) is 15.7. The fourth-order valence-corrected chi connectivity index (χ4v) is 2.70. The summed E-state index contributed by atoms with van der Waals surface area (Å²) in [5.41, 5.74) is 2.60. The number of ether oxygens (including phenoxy) is 1. The van der Waals surface area contributed by atoms with Gasteiger partial charge in [0.2, 0.25) is 0 Å². The van der Waals surface area contributed by atoms with E-state index in [1.165, 1.54) is 0 Å². The van der Waals surface area contributed by atoms with Gasteiger partial charge in [0.25, 0.3) is 0 Å². The van der Waals surface area contributed by atoms with E-state index in [1.807, 2.05) is 0 Å². The van der Waals surface area contributed by atoms with Crippen LogP contribution in [0, 0.1) is 0 Å². The fraction of sp³-hybridized carbons (Fsp3) is 0.556. The minimum absolute atomic E-state index is 0.304. The van der Waals surface area contributed by atoms with Gasteiger partial charge in [-0.2, -0.15) is 0 Å². The van der Waals surface area contributed by atoms with Crippen molar-refractivity contribution in [2.75, 3.05) is 19.7 Å². The van der Waals surface area contributed by atoms with E-state index < -0.39 is 0 Å². The van der Waals surface area contributed by atoms with Gasteiger partial charge in [-0.1, -0.05) is 19.6 Å². The number of rotatable bonds is 9. The number of nitrogens with zero attached hydrogens (tertiary/aromatic N) is 2. The van der Waals surface area contributed by atoms with E-state index in [0.717, 1.165) is 55.2 Å². The number of hydrogen-bond acceptors (Lipinski definition) is 3. The summed E-state index contributed by atoms with van der Waals surface area (Å²) < 4.78 is 5.08. The summed E-state index contributed by atoms with van der Waals surface area (Å²) in [6.07, 6.45) is 6.09. The number of thiocarbonyl (C=S) groups is 1. The Labute approximate surface area is 145 Å². The second kappa shape index (κ2) is 9.50. The molecule has 0 fully saturated rings. The first-order valence-corrected chi connectivity index (χ1v) is 8.57. The minimum atomic E-state index is -0.304. The maximum absolute atomic E-state index is 11.2. The molecular weight excluding hydrogens is 308 g/mol. The summed E-state index contributed by atoms with van der Waals surface area (Å²) in [4.78, 5) is 15.4. The predicted molar refractivity (Wildman–Crippen MR) is 98.8 cm³/mol. The average molecular weight is 337 g/mol. The molecule has 0 bridgehead atoms. The van der Waals surface area contributed by atoms with Gasteiger partial charge in [-0.25, -0.2) is 4.79 Å².